The lowest BCUT2D eigenvalue weighted by Gasteiger charge is -2.32. The van der Waals surface area contributed by atoms with E-state index in [9.17, 15) is 4.39 Å². The first kappa shape index (κ1) is 16.9. The van der Waals surface area contributed by atoms with Crippen molar-refractivity contribution in [3.8, 4) is 0 Å². The van der Waals surface area contributed by atoms with Gasteiger partial charge in [0, 0.05) is 24.0 Å². The number of rotatable bonds is 4. The quantitative estimate of drug-likeness (QED) is 0.476. The molecule has 1 fully saturated rings. The Hall–Kier alpha value is -3.20. The second-order valence-electron chi connectivity index (χ2n) is 7.35. The highest BCUT2D eigenvalue weighted by Gasteiger charge is 2.40. The molecule has 6 N–H and O–H groups in total. The first-order valence-corrected chi connectivity index (χ1v) is 9.30. The van der Waals surface area contributed by atoms with E-state index in [2.05, 4.69) is 35.8 Å². The van der Waals surface area contributed by atoms with Gasteiger partial charge in [-0.1, -0.05) is 0 Å². The molecule has 0 radical (unpaired) electrons. The SMILES string of the molecule is C[C@H](N=C1NC=C(F)C(N)(c2cc(C3CC3)[nH]n2)N1)c1ccc2[nH]ccc2n1. The fourth-order valence-corrected chi connectivity index (χ4v) is 3.37. The third kappa shape index (κ3) is 2.84. The molecule has 0 bridgehead atoms. The molecule has 144 valence electrons. The Bertz CT molecular complexity index is 1090. The Labute approximate surface area is 160 Å². The second-order valence-corrected chi connectivity index (χ2v) is 7.35. The molecule has 1 aliphatic heterocycles. The fourth-order valence-electron chi connectivity index (χ4n) is 3.37. The van der Waals surface area contributed by atoms with Crippen LogP contribution in [0.3, 0.4) is 0 Å². The molecule has 1 aliphatic carbocycles. The van der Waals surface area contributed by atoms with Gasteiger partial charge in [-0.2, -0.15) is 5.10 Å². The summed E-state index contributed by atoms with van der Waals surface area (Å²) in [5, 5.41) is 13.0. The molecular formula is C19H21FN8. The lowest BCUT2D eigenvalue weighted by atomic mass is 10.0. The van der Waals surface area contributed by atoms with Crippen molar-refractivity contribution in [2.24, 2.45) is 10.7 Å². The number of H-pyrrole nitrogens is 2. The molecule has 0 spiro atoms. The van der Waals surface area contributed by atoms with E-state index in [1.165, 1.54) is 6.20 Å². The van der Waals surface area contributed by atoms with Crippen LogP contribution in [0, 0.1) is 0 Å². The highest BCUT2D eigenvalue weighted by molar-refractivity contribution is 5.83. The van der Waals surface area contributed by atoms with Gasteiger partial charge in [0.15, 0.2) is 17.4 Å². The van der Waals surface area contributed by atoms with Gasteiger partial charge in [-0.05, 0) is 44.0 Å². The molecule has 0 saturated heterocycles. The van der Waals surface area contributed by atoms with Crippen LogP contribution in [0.5, 0.6) is 0 Å². The van der Waals surface area contributed by atoms with E-state index in [4.69, 9.17) is 5.73 Å². The van der Waals surface area contributed by atoms with Crippen LogP contribution in [0.4, 0.5) is 4.39 Å². The van der Waals surface area contributed by atoms with E-state index in [-0.39, 0.29) is 6.04 Å². The van der Waals surface area contributed by atoms with Crippen LogP contribution in [0.15, 0.2) is 47.5 Å². The monoisotopic (exact) mass is 380 g/mol. The zero-order chi connectivity index (χ0) is 19.3. The van der Waals surface area contributed by atoms with Crippen LogP contribution >= 0.6 is 0 Å². The minimum Gasteiger partial charge on any atom is -0.360 e. The van der Waals surface area contributed by atoms with Gasteiger partial charge in [-0.3, -0.25) is 10.8 Å². The van der Waals surface area contributed by atoms with Gasteiger partial charge < -0.3 is 15.6 Å². The maximum Gasteiger partial charge on any atom is 0.198 e. The number of fused-ring (bicyclic) bond motifs is 1. The second kappa shape index (κ2) is 6.16. The van der Waals surface area contributed by atoms with Crippen molar-refractivity contribution in [1.82, 2.24) is 30.8 Å². The van der Waals surface area contributed by atoms with Crippen molar-refractivity contribution in [3.63, 3.8) is 0 Å². The number of hydrogen-bond donors (Lipinski definition) is 5. The summed E-state index contributed by atoms with van der Waals surface area (Å²) in [5.41, 5.74) is 8.81. The molecule has 8 nitrogen and oxygen atoms in total. The topological polar surface area (TPSA) is 120 Å². The van der Waals surface area contributed by atoms with Gasteiger partial charge in [-0.15, -0.1) is 0 Å². The van der Waals surface area contributed by atoms with Crippen molar-refractivity contribution in [2.75, 3.05) is 0 Å². The van der Waals surface area contributed by atoms with Crippen molar-refractivity contribution < 1.29 is 4.39 Å². The van der Waals surface area contributed by atoms with Crippen molar-refractivity contribution in [3.05, 3.63) is 59.6 Å². The fraction of sp³-hybridized carbons (Fsp3) is 0.316. The van der Waals surface area contributed by atoms with Gasteiger partial charge in [0.2, 0.25) is 0 Å². The maximum atomic E-state index is 14.6. The highest BCUT2D eigenvalue weighted by atomic mass is 19.1. The van der Waals surface area contributed by atoms with Crippen molar-refractivity contribution in [1.29, 1.82) is 0 Å². The number of halogens is 1. The Morgan fingerprint density at radius 2 is 2.18 bits per heavy atom. The average Bonchev–Trinajstić information content (AvgIpc) is 3.22. The number of guanidine groups is 1. The largest absolute Gasteiger partial charge is 0.360 e. The van der Waals surface area contributed by atoms with E-state index in [1.807, 2.05) is 37.4 Å². The predicted octanol–water partition coefficient (Wildman–Crippen LogP) is 2.40. The molecule has 1 saturated carbocycles. The maximum absolute atomic E-state index is 14.6. The summed E-state index contributed by atoms with van der Waals surface area (Å²) in [6.07, 6.45) is 5.30. The Kier molecular flexibility index (Phi) is 3.73. The first-order valence-electron chi connectivity index (χ1n) is 9.30. The molecule has 3 aromatic heterocycles. The normalized spacial score (nSPS) is 24.7. The summed E-state index contributed by atoms with van der Waals surface area (Å²) in [5.74, 6) is 0.282. The van der Waals surface area contributed by atoms with Crippen LogP contribution in [0.2, 0.25) is 0 Å². The lowest BCUT2D eigenvalue weighted by Crippen LogP contribution is -2.59. The third-order valence-electron chi connectivity index (χ3n) is 5.22. The van der Waals surface area contributed by atoms with Crippen molar-refractivity contribution >= 4 is 17.0 Å². The number of aliphatic imine (C=N–C) groups is 1. The summed E-state index contributed by atoms with van der Waals surface area (Å²) in [6, 6.07) is 7.36. The molecule has 0 amide bonds. The smallest absolute Gasteiger partial charge is 0.198 e. The average molecular weight is 380 g/mol. The summed E-state index contributed by atoms with van der Waals surface area (Å²) < 4.78 is 14.6. The molecular weight excluding hydrogens is 359 g/mol. The summed E-state index contributed by atoms with van der Waals surface area (Å²) >= 11 is 0. The van der Waals surface area contributed by atoms with Crippen LogP contribution in [-0.2, 0) is 5.66 Å². The Morgan fingerprint density at radius 1 is 1.32 bits per heavy atom. The minimum atomic E-state index is -1.56. The van der Waals surface area contributed by atoms with Crippen LogP contribution in [-0.4, -0.2) is 26.1 Å². The van der Waals surface area contributed by atoms with Gasteiger partial charge in [0.1, 0.15) is 5.69 Å². The number of nitrogens with one attached hydrogen (secondary N) is 4. The van der Waals surface area contributed by atoms with E-state index in [0.29, 0.717) is 17.6 Å². The lowest BCUT2D eigenvalue weighted by molar-refractivity contribution is 0.356. The number of hydrogen-bond acceptors (Lipinski definition) is 4. The predicted molar refractivity (Wildman–Crippen MR) is 104 cm³/mol. The van der Waals surface area contributed by atoms with Gasteiger partial charge >= 0.3 is 0 Å². The molecule has 5 rings (SSSR count). The number of aromatic amines is 2. The zero-order valence-electron chi connectivity index (χ0n) is 15.3. The number of pyridine rings is 1. The number of nitrogens with zero attached hydrogens (tertiary/aromatic N) is 3. The Balaban J connectivity index is 1.42. The number of aromatic nitrogens is 4. The third-order valence-corrected chi connectivity index (χ3v) is 5.22. The molecule has 3 aromatic rings. The first-order chi connectivity index (χ1) is 13.5. The summed E-state index contributed by atoms with van der Waals surface area (Å²) in [4.78, 5) is 12.3. The zero-order valence-corrected chi connectivity index (χ0v) is 15.3. The molecule has 0 aromatic carbocycles. The van der Waals surface area contributed by atoms with Gasteiger partial charge in [0.25, 0.3) is 0 Å². The van der Waals surface area contributed by atoms with E-state index >= 15 is 0 Å². The van der Waals surface area contributed by atoms with Crippen LogP contribution in [0.25, 0.3) is 11.0 Å². The molecule has 2 aliphatic rings. The van der Waals surface area contributed by atoms with E-state index < -0.39 is 11.5 Å². The minimum absolute atomic E-state index is 0.255. The standard InChI is InChI=1S/C19H21FN8/c1-10(12-4-5-13-14(25-12)6-7-22-13)24-18-23-9-16(20)19(21,26-18)17-8-15(27-28-17)11-2-3-11/h4-11,22H,2-3,21H2,1H3,(H,27,28)(H2,23,24,26)/t10-,19?/m0/s1. The molecule has 2 atom stereocenters. The van der Waals surface area contributed by atoms with Gasteiger partial charge in [0.05, 0.1) is 22.8 Å². The molecule has 1 unspecified atom stereocenters. The van der Waals surface area contributed by atoms with Gasteiger partial charge in [-0.25, -0.2) is 14.4 Å². The van der Waals surface area contributed by atoms with Crippen LogP contribution in [0.1, 0.15) is 48.8 Å². The molecule has 28 heavy (non-hydrogen) atoms. The summed E-state index contributed by atoms with van der Waals surface area (Å²) in [7, 11) is 0. The molecule has 4 heterocycles. The highest BCUT2D eigenvalue weighted by Crippen LogP contribution is 2.40. The van der Waals surface area contributed by atoms with Crippen LogP contribution < -0.4 is 16.4 Å². The summed E-state index contributed by atoms with van der Waals surface area (Å²) in [6.45, 7) is 1.92. The number of nitrogens with two attached hydrogens (primary N) is 1. The van der Waals surface area contributed by atoms with E-state index in [1.54, 1.807) is 0 Å². The molecule has 9 heteroatoms. The Morgan fingerprint density at radius 3 is 3.00 bits per heavy atom. The van der Waals surface area contributed by atoms with Crippen molar-refractivity contribution in [2.45, 2.75) is 37.4 Å². The van der Waals surface area contributed by atoms with E-state index in [0.717, 1.165) is 35.3 Å².